The Balaban J connectivity index is -0.0000000635. The molecule has 0 heterocycles. The normalized spacial score (nSPS) is 6.68. The molecule has 0 N–H and O–H groups in total. The molecule has 0 aliphatic heterocycles. The molecule has 0 aliphatic rings. The fourth-order valence-corrected chi connectivity index (χ4v) is 5.59. The topological polar surface area (TPSA) is 64.1 Å². The number of nitrogens with zero attached hydrogens (tertiary/aromatic N) is 1. The molecule has 1 radical (unpaired) electrons. The van der Waals surface area contributed by atoms with Gasteiger partial charge >= 0.3 is 33.9 Å². The van der Waals surface area contributed by atoms with Crippen LogP contribution in [-0.2, 0) is 31.0 Å². The van der Waals surface area contributed by atoms with Crippen molar-refractivity contribution >= 4 is 21.5 Å². The molecular weight excluding hydrogens is 359 g/mol. The third-order valence-electron chi connectivity index (χ3n) is 1.45. The Labute approximate surface area is 147 Å². The second-order valence-corrected chi connectivity index (χ2v) is 9.20. The van der Waals surface area contributed by atoms with Gasteiger partial charge in [-0.25, -0.2) is 4.85 Å². The fourth-order valence-electron chi connectivity index (χ4n) is 1.07. The second kappa shape index (κ2) is 32.3. The van der Waals surface area contributed by atoms with Gasteiger partial charge in [0.25, 0.3) is 0 Å². The van der Waals surface area contributed by atoms with Crippen molar-refractivity contribution in [1.29, 1.82) is 0 Å². The van der Waals surface area contributed by atoms with Crippen molar-refractivity contribution in [3.05, 3.63) is 61.7 Å². The predicted molar refractivity (Wildman–Crippen MR) is 86.9 cm³/mol. The first-order chi connectivity index (χ1) is 10.1. The Bertz CT molecular complexity index is 392. The van der Waals surface area contributed by atoms with Gasteiger partial charge in [-0.1, -0.05) is 30.3 Å². The van der Waals surface area contributed by atoms with E-state index in [0.29, 0.717) is 21.5 Å². The molecule has 0 spiro atoms. The zero-order chi connectivity index (χ0) is 17.7. The Morgan fingerprint density at radius 1 is 0.818 bits per heavy atom. The van der Waals surface area contributed by atoms with Crippen molar-refractivity contribution in [3.8, 4) is 0 Å². The van der Waals surface area contributed by atoms with Crippen molar-refractivity contribution in [3.63, 3.8) is 0 Å². The van der Waals surface area contributed by atoms with Gasteiger partial charge in [0.2, 0.25) is 0 Å². The molecule has 0 atom stereocenters. The van der Waals surface area contributed by atoms with Crippen LogP contribution in [-0.4, -0.2) is 32.6 Å². The SMILES string of the molecule is CP(C)CP(C)C.[C-]#[N+]c1ccccc1.[C-]#[O+].[C-]#[O+].[C-]#[O+].[Mn]. The van der Waals surface area contributed by atoms with Gasteiger partial charge in [-0.15, -0.1) is 15.8 Å². The Kier molecular flexibility index (Phi) is 48.5. The monoisotopic (exact) mass is 378 g/mol. The van der Waals surface area contributed by atoms with Crippen LogP contribution in [0.3, 0.4) is 0 Å². The largest absolute Gasteiger partial charge is 0 e. The molecule has 1 aromatic rings. The zero-order valence-electron chi connectivity index (χ0n) is 13.0. The molecule has 1 aromatic carbocycles. The fraction of sp³-hybridized carbons (Fsp3) is 0.333. The molecule has 4 nitrogen and oxygen atoms in total. The van der Waals surface area contributed by atoms with Gasteiger partial charge in [-0.2, -0.15) is 0 Å². The Morgan fingerprint density at radius 2 is 1.14 bits per heavy atom. The maximum absolute atomic E-state index is 7.50. The van der Waals surface area contributed by atoms with Crippen LogP contribution in [0.25, 0.3) is 4.85 Å². The maximum atomic E-state index is 7.50. The molecule has 0 bridgehead atoms. The summed E-state index contributed by atoms with van der Waals surface area (Å²) in [5, 5.41) is 0. The molecule has 0 aliphatic carbocycles. The van der Waals surface area contributed by atoms with E-state index in [0.717, 1.165) is 0 Å². The minimum atomic E-state index is 0. The van der Waals surface area contributed by atoms with E-state index in [1.807, 2.05) is 18.2 Å². The summed E-state index contributed by atoms with van der Waals surface area (Å²) < 4.78 is 22.5. The van der Waals surface area contributed by atoms with Crippen LogP contribution in [0.4, 0.5) is 5.69 Å². The molecule has 0 saturated carbocycles. The van der Waals surface area contributed by atoms with E-state index >= 15 is 0 Å². The number of para-hydroxylation sites is 1. The van der Waals surface area contributed by atoms with E-state index in [-0.39, 0.29) is 17.1 Å². The van der Waals surface area contributed by atoms with Crippen molar-refractivity contribution < 1.29 is 31.0 Å². The van der Waals surface area contributed by atoms with Gasteiger partial charge in [-0.3, -0.25) is 0 Å². The standard InChI is InChI=1S/C7H5N.C5H14P2.3CO.Mn/c1-8-7-5-3-2-4-6-7;1-6(2)5-7(3)4;3*1-2;/h2-6H;5H2,1-4H3;;;;. The van der Waals surface area contributed by atoms with Gasteiger partial charge in [0.15, 0.2) is 5.69 Å². The molecule has 22 heavy (non-hydrogen) atoms. The average molecular weight is 378 g/mol. The minimum Gasteiger partial charge on any atom is 0 e. The predicted octanol–water partition coefficient (Wildman–Crippen LogP) is 4.55. The van der Waals surface area contributed by atoms with Crippen molar-refractivity contribution in [2.45, 2.75) is 0 Å². The molecule has 119 valence electrons. The molecule has 7 heteroatoms. The first kappa shape index (κ1) is 33.0. The van der Waals surface area contributed by atoms with Gasteiger partial charge < -0.3 is 0 Å². The Morgan fingerprint density at radius 3 is 1.27 bits per heavy atom. The van der Waals surface area contributed by atoms with Gasteiger partial charge in [0, 0.05) is 17.1 Å². The van der Waals surface area contributed by atoms with Gasteiger partial charge in [0.05, 0.1) is 6.57 Å². The molecule has 0 unspecified atom stereocenters. The summed E-state index contributed by atoms with van der Waals surface area (Å²) in [6.07, 6.45) is 0. The summed E-state index contributed by atoms with van der Waals surface area (Å²) in [6, 6.07) is 9.18. The van der Waals surface area contributed by atoms with Crippen LogP contribution in [0, 0.1) is 26.5 Å². The molecular formula is C15H19MnNO3P2. The molecule has 1 rings (SSSR count). The van der Waals surface area contributed by atoms with E-state index in [1.165, 1.54) is 5.90 Å². The third-order valence-corrected chi connectivity index (χ3v) is 5.98. The minimum absolute atomic E-state index is 0. The van der Waals surface area contributed by atoms with E-state index in [4.69, 9.17) is 20.5 Å². The summed E-state index contributed by atoms with van der Waals surface area (Å²) in [5.74, 6) is 1.49. The number of hydrogen-bond donors (Lipinski definition) is 0. The van der Waals surface area contributed by atoms with Crippen LogP contribution in [0.15, 0.2) is 30.3 Å². The van der Waals surface area contributed by atoms with Crippen LogP contribution in [0.2, 0.25) is 0 Å². The zero-order valence-corrected chi connectivity index (χ0v) is 16.0. The third kappa shape index (κ3) is 36.5. The molecule has 0 fully saturated rings. The molecule has 0 aromatic heterocycles. The second-order valence-electron chi connectivity index (χ2n) is 3.75. The summed E-state index contributed by atoms with van der Waals surface area (Å²) in [4.78, 5) is 3.22. The number of hydrogen-bond acceptors (Lipinski definition) is 0. The maximum Gasteiger partial charge on any atom is 0 e. The summed E-state index contributed by atoms with van der Waals surface area (Å²) in [5.41, 5.74) is 0.701. The summed E-state index contributed by atoms with van der Waals surface area (Å²) >= 11 is 0. The summed E-state index contributed by atoms with van der Waals surface area (Å²) in [7, 11) is 0.778. The van der Waals surface area contributed by atoms with Gasteiger partial charge in [-0.05, 0) is 32.6 Å². The Hall–Kier alpha value is -0.691. The number of benzene rings is 1. The van der Waals surface area contributed by atoms with E-state index in [9.17, 15) is 0 Å². The first-order valence-electron chi connectivity index (χ1n) is 5.39. The summed E-state index contributed by atoms with van der Waals surface area (Å²) in [6.45, 7) is 29.4. The molecule has 0 saturated heterocycles. The van der Waals surface area contributed by atoms with E-state index < -0.39 is 0 Å². The van der Waals surface area contributed by atoms with Crippen LogP contribution in [0.5, 0.6) is 0 Å². The van der Waals surface area contributed by atoms with Crippen LogP contribution in [0.1, 0.15) is 0 Å². The smallest absolute Gasteiger partial charge is 0 e. The van der Waals surface area contributed by atoms with Crippen LogP contribution >= 0.6 is 15.8 Å². The average Bonchev–Trinajstić information content (AvgIpc) is 2.53. The first-order valence-corrected chi connectivity index (χ1v) is 10.2. The number of rotatable bonds is 2. The van der Waals surface area contributed by atoms with Crippen molar-refractivity contribution in [2.75, 3.05) is 32.6 Å². The van der Waals surface area contributed by atoms with Crippen LogP contribution < -0.4 is 0 Å². The quantitative estimate of drug-likeness (QED) is 0.314. The van der Waals surface area contributed by atoms with E-state index in [1.54, 1.807) is 12.1 Å². The van der Waals surface area contributed by atoms with Crippen molar-refractivity contribution in [1.82, 2.24) is 0 Å². The van der Waals surface area contributed by atoms with Gasteiger partial charge in [0.1, 0.15) is 0 Å². The van der Waals surface area contributed by atoms with Crippen molar-refractivity contribution in [2.24, 2.45) is 0 Å². The molecule has 0 amide bonds. The van der Waals surface area contributed by atoms with E-state index in [2.05, 4.69) is 51.5 Å².